The number of benzene rings is 1. The molecular weight excluding hydrogens is 210 g/mol. The molecule has 0 fully saturated rings. The normalized spacial score (nSPS) is 10.3. The summed E-state index contributed by atoms with van der Waals surface area (Å²) in [6, 6.07) is 6.05. The molecule has 0 radical (unpaired) electrons. The summed E-state index contributed by atoms with van der Waals surface area (Å²) in [5.74, 6) is 1.78. The van der Waals surface area contributed by atoms with Gasteiger partial charge < -0.3 is 0 Å². The molecule has 14 heavy (non-hydrogen) atoms. The molecule has 0 aliphatic heterocycles. The Bertz CT molecular complexity index is 333. The second-order valence-electron chi connectivity index (χ2n) is 2.35. The third kappa shape index (κ3) is 2.68. The minimum Gasteiger partial charge on any atom is -0.290 e. The van der Waals surface area contributed by atoms with Crippen molar-refractivity contribution in [3.8, 4) is 0 Å². The van der Waals surface area contributed by atoms with Crippen LogP contribution >= 0.6 is 11.8 Å². The van der Waals surface area contributed by atoms with Crippen LogP contribution < -0.4 is 11.3 Å². The zero-order valence-corrected chi connectivity index (χ0v) is 7.85. The average molecular weight is 218 g/mol. The highest BCUT2D eigenvalue weighted by molar-refractivity contribution is 7.99. The van der Waals surface area contributed by atoms with Gasteiger partial charge in [0.25, 0.3) is 11.7 Å². The largest absolute Gasteiger partial charge is 0.290 e. The topological polar surface area (TPSA) is 55.1 Å². The van der Waals surface area contributed by atoms with Crippen molar-refractivity contribution in [1.82, 2.24) is 5.43 Å². The molecule has 0 saturated carbocycles. The molecule has 1 amide bonds. The van der Waals surface area contributed by atoms with Crippen LogP contribution in [-0.4, -0.2) is 11.7 Å². The van der Waals surface area contributed by atoms with E-state index in [0.29, 0.717) is 11.8 Å². The molecule has 1 aromatic carbocycles. The van der Waals surface area contributed by atoms with Crippen molar-refractivity contribution in [1.29, 1.82) is 0 Å². The fourth-order valence-electron chi connectivity index (χ4n) is 0.931. The molecule has 0 heterocycles. The first kappa shape index (κ1) is 10.9. The van der Waals surface area contributed by atoms with Crippen LogP contribution in [0.25, 0.3) is 0 Å². The fourth-order valence-corrected chi connectivity index (χ4v) is 1.57. The predicted octanol–water partition coefficient (Wildman–Crippen LogP) is 1.60. The van der Waals surface area contributed by atoms with Gasteiger partial charge in [-0.25, -0.2) is 5.84 Å². The maximum atomic E-state index is 12.1. The Balaban J connectivity index is 2.97. The number of halogens is 2. The van der Waals surface area contributed by atoms with Crippen molar-refractivity contribution in [3.63, 3.8) is 0 Å². The highest BCUT2D eigenvalue weighted by atomic mass is 32.2. The first-order valence-electron chi connectivity index (χ1n) is 3.70. The van der Waals surface area contributed by atoms with Crippen molar-refractivity contribution in [3.05, 3.63) is 29.8 Å². The van der Waals surface area contributed by atoms with Gasteiger partial charge in [0.05, 0.1) is 5.56 Å². The number of thioether (sulfide) groups is 1. The van der Waals surface area contributed by atoms with Crippen molar-refractivity contribution in [2.24, 2.45) is 5.84 Å². The second kappa shape index (κ2) is 4.92. The van der Waals surface area contributed by atoms with E-state index >= 15 is 0 Å². The van der Waals surface area contributed by atoms with Crippen LogP contribution in [0.1, 0.15) is 10.4 Å². The van der Waals surface area contributed by atoms with Crippen molar-refractivity contribution < 1.29 is 13.6 Å². The zero-order chi connectivity index (χ0) is 10.6. The van der Waals surface area contributed by atoms with Crippen molar-refractivity contribution in [2.75, 3.05) is 0 Å². The molecule has 0 spiro atoms. The summed E-state index contributed by atoms with van der Waals surface area (Å²) in [4.78, 5) is 11.3. The molecule has 3 N–H and O–H groups in total. The number of hydrogen-bond acceptors (Lipinski definition) is 3. The minimum atomic E-state index is -2.55. The van der Waals surface area contributed by atoms with E-state index in [9.17, 15) is 13.6 Å². The molecule has 1 aromatic rings. The van der Waals surface area contributed by atoms with Crippen LogP contribution in [0.4, 0.5) is 8.78 Å². The first-order valence-corrected chi connectivity index (χ1v) is 4.58. The Morgan fingerprint density at radius 3 is 2.64 bits per heavy atom. The molecule has 76 valence electrons. The Hall–Kier alpha value is -1.14. The lowest BCUT2D eigenvalue weighted by molar-refractivity contribution is 0.0950. The molecule has 0 saturated heterocycles. The van der Waals surface area contributed by atoms with Gasteiger partial charge in [-0.2, -0.15) is 8.78 Å². The highest BCUT2D eigenvalue weighted by Crippen LogP contribution is 2.28. The summed E-state index contributed by atoms with van der Waals surface area (Å²) >= 11 is 0.319. The van der Waals surface area contributed by atoms with E-state index in [-0.39, 0.29) is 10.5 Å². The van der Waals surface area contributed by atoms with Crippen molar-refractivity contribution in [2.45, 2.75) is 10.7 Å². The molecule has 0 aromatic heterocycles. The molecule has 6 heteroatoms. The third-order valence-electron chi connectivity index (χ3n) is 1.48. The maximum absolute atomic E-state index is 12.1. The molecule has 0 atom stereocenters. The predicted molar refractivity (Wildman–Crippen MR) is 50.0 cm³/mol. The summed E-state index contributed by atoms with van der Waals surface area (Å²) < 4.78 is 24.1. The minimum absolute atomic E-state index is 0.153. The quantitative estimate of drug-likeness (QED) is 0.351. The number of rotatable bonds is 3. The summed E-state index contributed by atoms with van der Waals surface area (Å²) in [5, 5.41) is 0. The number of carbonyl (C=O) groups excluding carboxylic acids is 1. The lowest BCUT2D eigenvalue weighted by atomic mass is 10.2. The van der Waals surface area contributed by atoms with Gasteiger partial charge in [0.2, 0.25) is 0 Å². The van der Waals surface area contributed by atoms with Crippen molar-refractivity contribution >= 4 is 17.7 Å². The van der Waals surface area contributed by atoms with Gasteiger partial charge in [0.1, 0.15) is 0 Å². The lowest BCUT2D eigenvalue weighted by Crippen LogP contribution is -2.30. The molecule has 1 rings (SSSR count). The molecular formula is C8H8F2N2OS. The SMILES string of the molecule is NNC(=O)c1ccccc1SC(F)F. The van der Waals surface area contributed by atoms with Gasteiger partial charge in [-0.05, 0) is 12.1 Å². The monoisotopic (exact) mass is 218 g/mol. The number of hydrogen-bond donors (Lipinski definition) is 2. The van der Waals surface area contributed by atoms with E-state index < -0.39 is 11.7 Å². The lowest BCUT2D eigenvalue weighted by Gasteiger charge is -2.06. The van der Waals surface area contributed by atoms with Crippen LogP contribution in [0.5, 0.6) is 0 Å². The van der Waals surface area contributed by atoms with Crippen LogP contribution in [0.2, 0.25) is 0 Å². The van der Waals surface area contributed by atoms with E-state index in [4.69, 9.17) is 5.84 Å². The standard InChI is InChI=1S/C8H8F2N2OS/c9-8(10)14-6-4-2-1-3-5(6)7(13)12-11/h1-4,8H,11H2,(H,12,13). The second-order valence-corrected chi connectivity index (χ2v) is 3.38. The van der Waals surface area contributed by atoms with E-state index in [1.165, 1.54) is 12.1 Å². The summed E-state index contributed by atoms with van der Waals surface area (Å²) in [5.41, 5.74) is 2.05. The number of nitrogens with one attached hydrogen (secondary N) is 1. The molecule has 0 bridgehead atoms. The Morgan fingerprint density at radius 2 is 2.07 bits per heavy atom. The van der Waals surface area contributed by atoms with E-state index in [1.54, 1.807) is 12.1 Å². The Kier molecular flexibility index (Phi) is 3.84. The number of nitrogen functional groups attached to an aromatic ring is 1. The van der Waals surface area contributed by atoms with E-state index in [2.05, 4.69) is 0 Å². The van der Waals surface area contributed by atoms with Crippen LogP contribution in [0, 0.1) is 0 Å². The molecule has 0 aliphatic carbocycles. The number of carbonyl (C=O) groups is 1. The summed E-state index contributed by atoms with van der Waals surface area (Å²) in [6.07, 6.45) is 0. The first-order chi connectivity index (χ1) is 6.65. The third-order valence-corrected chi connectivity index (χ3v) is 2.27. The molecule has 0 aliphatic rings. The Labute approximate surface area is 83.6 Å². The zero-order valence-electron chi connectivity index (χ0n) is 7.04. The van der Waals surface area contributed by atoms with Gasteiger partial charge in [-0.1, -0.05) is 23.9 Å². The van der Waals surface area contributed by atoms with Gasteiger partial charge in [-0.15, -0.1) is 0 Å². The number of nitrogens with two attached hydrogens (primary N) is 1. The number of alkyl halides is 2. The number of amides is 1. The number of hydrazine groups is 1. The van der Waals surface area contributed by atoms with E-state index in [0.717, 1.165) is 0 Å². The van der Waals surface area contributed by atoms with Crippen LogP contribution in [0.3, 0.4) is 0 Å². The van der Waals surface area contributed by atoms with E-state index in [1.807, 2.05) is 5.43 Å². The van der Waals surface area contributed by atoms with Crippen LogP contribution in [-0.2, 0) is 0 Å². The average Bonchev–Trinajstić information content (AvgIpc) is 2.16. The maximum Gasteiger partial charge on any atom is 0.288 e. The summed E-state index contributed by atoms with van der Waals surface area (Å²) in [6.45, 7) is 0. The van der Waals surface area contributed by atoms with Gasteiger partial charge >= 0.3 is 0 Å². The van der Waals surface area contributed by atoms with Gasteiger partial charge in [0, 0.05) is 4.90 Å². The van der Waals surface area contributed by atoms with Gasteiger partial charge in [-0.3, -0.25) is 10.2 Å². The van der Waals surface area contributed by atoms with Gasteiger partial charge in [0.15, 0.2) is 0 Å². The smallest absolute Gasteiger partial charge is 0.288 e. The highest BCUT2D eigenvalue weighted by Gasteiger charge is 2.13. The summed E-state index contributed by atoms with van der Waals surface area (Å²) in [7, 11) is 0. The molecule has 3 nitrogen and oxygen atoms in total. The molecule has 0 unspecified atom stereocenters. The van der Waals surface area contributed by atoms with Crippen LogP contribution in [0.15, 0.2) is 29.2 Å². The fraction of sp³-hybridized carbons (Fsp3) is 0.125. The Morgan fingerprint density at radius 1 is 1.43 bits per heavy atom.